The predicted molar refractivity (Wildman–Crippen MR) is 133 cm³/mol. The number of carbonyl (C=O) groups excluding carboxylic acids is 1. The molecule has 1 atom stereocenters. The van der Waals surface area contributed by atoms with Crippen molar-refractivity contribution < 1.29 is 9.53 Å². The molecule has 1 amide bonds. The van der Waals surface area contributed by atoms with E-state index in [9.17, 15) is 10.1 Å². The zero-order valence-corrected chi connectivity index (χ0v) is 21.7. The van der Waals surface area contributed by atoms with Crippen molar-refractivity contribution >= 4 is 28.0 Å². The molecule has 2 spiro atoms. The van der Waals surface area contributed by atoms with E-state index in [2.05, 4.69) is 66.4 Å². The lowest BCUT2D eigenvalue weighted by Gasteiger charge is -2.47. The number of rotatable bonds is 2. The number of carbonyl (C=O) groups is 1. The maximum atomic E-state index is 12.9. The number of aromatic nitrogens is 2. The molecule has 1 aromatic carbocycles. The Bertz CT molecular complexity index is 1190. The first kappa shape index (κ1) is 23.1. The maximum absolute atomic E-state index is 12.9. The Hall–Kier alpha value is -2.66. The molecule has 3 aliphatic rings. The summed E-state index contributed by atoms with van der Waals surface area (Å²) in [6, 6.07) is 10.7. The molecule has 7 nitrogen and oxygen atoms in total. The van der Waals surface area contributed by atoms with E-state index in [4.69, 9.17) is 4.74 Å². The van der Waals surface area contributed by atoms with Gasteiger partial charge in [0.2, 0.25) is 5.95 Å². The molecule has 1 N–H and O–H groups in total. The molecule has 1 saturated carbocycles. The van der Waals surface area contributed by atoms with Crippen molar-refractivity contribution in [3.05, 3.63) is 51.3 Å². The minimum Gasteiger partial charge on any atom is -0.444 e. The molecule has 0 bridgehead atoms. The molecule has 2 aliphatic carbocycles. The lowest BCUT2D eigenvalue weighted by atomic mass is 9.64. The summed E-state index contributed by atoms with van der Waals surface area (Å²) < 4.78 is 6.31. The van der Waals surface area contributed by atoms with Crippen LogP contribution in [0.2, 0.25) is 0 Å². The number of nitrogens with one attached hydrogen (secondary N) is 1. The number of piperidine rings is 1. The number of fused-ring (bicyclic) bond motifs is 3. The van der Waals surface area contributed by atoms with Gasteiger partial charge < -0.3 is 15.0 Å². The summed E-state index contributed by atoms with van der Waals surface area (Å²) in [5, 5.41) is 12.7. The highest BCUT2D eigenvalue weighted by atomic mass is 79.9. The smallest absolute Gasteiger partial charge is 0.408 e. The van der Waals surface area contributed by atoms with Crippen LogP contribution in [0.1, 0.15) is 75.0 Å². The van der Waals surface area contributed by atoms with Crippen molar-refractivity contribution in [1.29, 1.82) is 5.26 Å². The maximum Gasteiger partial charge on any atom is 0.408 e. The van der Waals surface area contributed by atoms with Crippen LogP contribution in [0, 0.1) is 23.7 Å². The summed E-state index contributed by atoms with van der Waals surface area (Å²) in [6.45, 7) is 9.10. The van der Waals surface area contributed by atoms with Crippen LogP contribution >= 0.6 is 15.9 Å². The molecule has 178 valence electrons. The number of ether oxygens (including phenoxy) is 1. The Morgan fingerprint density at radius 2 is 1.88 bits per heavy atom. The van der Waals surface area contributed by atoms with Gasteiger partial charge in [-0.3, -0.25) is 0 Å². The molecule has 1 aromatic heterocycles. The van der Waals surface area contributed by atoms with Gasteiger partial charge in [-0.2, -0.15) is 5.26 Å². The first-order chi connectivity index (χ1) is 16.1. The van der Waals surface area contributed by atoms with E-state index >= 15 is 0 Å². The number of hydrogen-bond donors (Lipinski definition) is 1. The van der Waals surface area contributed by atoms with Gasteiger partial charge in [0.1, 0.15) is 11.7 Å². The van der Waals surface area contributed by atoms with Crippen LogP contribution < -0.4 is 10.2 Å². The van der Waals surface area contributed by atoms with Crippen molar-refractivity contribution in [2.45, 2.75) is 70.4 Å². The van der Waals surface area contributed by atoms with Crippen LogP contribution in [-0.2, 0) is 10.2 Å². The van der Waals surface area contributed by atoms with Gasteiger partial charge in [-0.1, -0.05) is 24.3 Å². The molecule has 5 rings (SSSR count). The summed E-state index contributed by atoms with van der Waals surface area (Å²) in [4.78, 5) is 24.2. The number of alkyl carbamates (subject to hydrolysis) is 1. The zero-order valence-electron chi connectivity index (χ0n) is 20.1. The first-order valence-electron chi connectivity index (χ1n) is 11.9. The Morgan fingerprint density at radius 1 is 1.21 bits per heavy atom. The monoisotopic (exact) mass is 523 g/mol. The summed E-state index contributed by atoms with van der Waals surface area (Å²) in [7, 11) is 0. The van der Waals surface area contributed by atoms with E-state index in [1.807, 2.05) is 27.7 Å². The third-order valence-corrected chi connectivity index (χ3v) is 8.70. The van der Waals surface area contributed by atoms with Crippen LogP contribution in [-0.4, -0.2) is 34.8 Å². The second kappa shape index (κ2) is 7.94. The fraction of sp³-hybridized carbons (Fsp3) is 0.538. The highest BCUT2D eigenvalue weighted by Gasteiger charge is 2.68. The quantitative estimate of drug-likeness (QED) is 0.572. The summed E-state index contributed by atoms with van der Waals surface area (Å²) in [5.74, 6) is 0.601. The van der Waals surface area contributed by atoms with Gasteiger partial charge in [0.15, 0.2) is 5.69 Å². The number of amides is 1. The molecule has 34 heavy (non-hydrogen) atoms. The van der Waals surface area contributed by atoms with Gasteiger partial charge >= 0.3 is 6.09 Å². The predicted octanol–water partition coefficient (Wildman–Crippen LogP) is 5.32. The van der Waals surface area contributed by atoms with Crippen molar-refractivity contribution in [3.8, 4) is 6.07 Å². The molecule has 0 radical (unpaired) electrons. The first-order valence-corrected chi connectivity index (χ1v) is 12.7. The van der Waals surface area contributed by atoms with E-state index in [-0.39, 0.29) is 23.0 Å². The van der Waals surface area contributed by atoms with Crippen molar-refractivity contribution in [2.75, 3.05) is 18.0 Å². The SMILES string of the molecule is Cc1nc(N2CCC3(CC2)[C@H](NC(=O)OC(C)(C)C)c2ccccc2C32CC2)nc(C#N)c1Br. The number of benzene rings is 1. The third kappa shape index (κ3) is 3.56. The van der Waals surface area contributed by atoms with Crippen molar-refractivity contribution in [2.24, 2.45) is 5.41 Å². The summed E-state index contributed by atoms with van der Waals surface area (Å²) in [5.41, 5.74) is 3.20. The largest absolute Gasteiger partial charge is 0.444 e. The van der Waals surface area contributed by atoms with E-state index < -0.39 is 5.60 Å². The number of nitrogens with zero attached hydrogens (tertiary/aromatic N) is 4. The number of aryl methyl sites for hydroxylation is 1. The highest BCUT2D eigenvalue weighted by molar-refractivity contribution is 9.10. The van der Waals surface area contributed by atoms with Crippen LogP contribution in [0.3, 0.4) is 0 Å². The Kier molecular flexibility index (Phi) is 5.40. The zero-order chi connectivity index (χ0) is 24.3. The van der Waals surface area contributed by atoms with E-state index in [0.717, 1.165) is 44.5 Å². The number of nitriles is 1. The topological polar surface area (TPSA) is 91.1 Å². The lowest BCUT2D eigenvalue weighted by molar-refractivity contribution is 0.0382. The van der Waals surface area contributed by atoms with Gasteiger partial charge in [0.05, 0.1) is 16.2 Å². The van der Waals surface area contributed by atoms with Gasteiger partial charge in [-0.15, -0.1) is 0 Å². The Balaban J connectivity index is 1.46. The normalized spacial score (nSPS) is 21.8. The molecular weight excluding hydrogens is 494 g/mol. The Morgan fingerprint density at radius 3 is 2.50 bits per heavy atom. The van der Waals surface area contributed by atoms with E-state index in [1.54, 1.807) is 0 Å². The lowest BCUT2D eigenvalue weighted by Crippen LogP contribution is -2.51. The van der Waals surface area contributed by atoms with Gasteiger partial charge in [-0.25, -0.2) is 14.8 Å². The standard InChI is InChI=1S/C26H30BrN5O2/c1-16-20(27)19(15-28)30-22(29-16)32-13-11-26(12-14-32)21(31-23(33)34-24(2,3)4)17-7-5-6-8-18(17)25(26)9-10-25/h5-8,21H,9-14H2,1-4H3,(H,31,33)/t21-/m1/s1. The molecule has 1 saturated heterocycles. The van der Waals surface area contributed by atoms with Crippen LogP contribution in [0.4, 0.5) is 10.7 Å². The van der Waals surface area contributed by atoms with E-state index in [0.29, 0.717) is 16.1 Å². The molecule has 2 fully saturated rings. The summed E-state index contributed by atoms with van der Waals surface area (Å²) >= 11 is 3.42. The molecule has 2 aromatic rings. The minimum atomic E-state index is -0.550. The Labute approximate surface area is 209 Å². The van der Waals surface area contributed by atoms with Gasteiger partial charge in [-0.05, 0) is 80.4 Å². The van der Waals surface area contributed by atoms with Crippen LogP contribution in [0.15, 0.2) is 28.7 Å². The number of hydrogen-bond acceptors (Lipinski definition) is 6. The minimum absolute atomic E-state index is 0.0768. The fourth-order valence-corrected chi connectivity index (χ4v) is 6.46. The second-order valence-electron chi connectivity index (χ2n) is 10.8. The molecule has 2 heterocycles. The average Bonchev–Trinajstić information content (AvgIpc) is 3.57. The number of halogens is 1. The van der Waals surface area contributed by atoms with Gasteiger partial charge in [0.25, 0.3) is 0 Å². The third-order valence-electron chi connectivity index (χ3n) is 7.75. The molecule has 8 heteroatoms. The van der Waals surface area contributed by atoms with Crippen molar-refractivity contribution in [3.63, 3.8) is 0 Å². The molecule has 1 aliphatic heterocycles. The second-order valence-corrected chi connectivity index (χ2v) is 11.6. The highest BCUT2D eigenvalue weighted by Crippen LogP contribution is 2.73. The summed E-state index contributed by atoms with van der Waals surface area (Å²) in [6.07, 6.45) is 3.73. The van der Waals surface area contributed by atoms with Gasteiger partial charge in [0, 0.05) is 23.9 Å². The van der Waals surface area contributed by atoms with Crippen LogP contribution in [0.25, 0.3) is 0 Å². The average molecular weight is 524 g/mol. The van der Waals surface area contributed by atoms with Crippen molar-refractivity contribution in [1.82, 2.24) is 15.3 Å². The molecule has 0 unspecified atom stereocenters. The van der Waals surface area contributed by atoms with Crippen LogP contribution in [0.5, 0.6) is 0 Å². The van der Waals surface area contributed by atoms with E-state index in [1.165, 1.54) is 11.1 Å². The molecular formula is C26H30BrN5O2. The number of anilines is 1. The fourth-order valence-electron chi connectivity index (χ4n) is 6.19.